The molecule has 2 aromatic carbocycles. The van der Waals surface area contributed by atoms with Crippen molar-refractivity contribution in [3.63, 3.8) is 0 Å². The summed E-state index contributed by atoms with van der Waals surface area (Å²) < 4.78 is 26.9. The molecule has 1 heterocycles. The van der Waals surface area contributed by atoms with Crippen LogP contribution in [0.15, 0.2) is 53.4 Å². The molecule has 1 atom stereocenters. The Kier molecular flexibility index (Phi) is 8.33. The number of amides is 3. The molecule has 3 amide bonds. The van der Waals surface area contributed by atoms with E-state index in [1.807, 2.05) is 6.92 Å². The monoisotopic (exact) mass is 505 g/mol. The number of halogens is 1. The van der Waals surface area contributed by atoms with Crippen molar-refractivity contribution in [3.05, 3.63) is 64.7 Å². The fraction of sp³-hybridized carbons (Fsp3) is 0.375. The van der Waals surface area contributed by atoms with Gasteiger partial charge in [-0.25, -0.2) is 8.42 Å². The quantitative estimate of drug-likeness (QED) is 0.623. The minimum absolute atomic E-state index is 0.00721. The molecule has 0 bridgehead atoms. The summed E-state index contributed by atoms with van der Waals surface area (Å²) in [6.45, 7) is 4.63. The van der Waals surface area contributed by atoms with Crippen LogP contribution in [0.25, 0.3) is 0 Å². The van der Waals surface area contributed by atoms with E-state index >= 15 is 0 Å². The number of piperazine rings is 1. The Hall–Kier alpha value is -2.91. The number of carbonyl (C=O) groups is 3. The zero-order valence-electron chi connectivity index (χ0n) is 19.2. The molecule has 182 valence electrons. The Morgan fingerprint density at radius 3 is 2.15 bits per heavy atom. The summed E-state index contributed by atoms with van der Waals surface area (Å²) in [6.07, 6.45) is 1.15. The minimum atomic E-state index is -4.28. The van der Waals surface area contributed by atoms with Crippen LogP contribution >= 0.6 is 11.6 Å². The molecule has 3 rings (SSSR count). The van der Waals surface area contributed by atoms with Gasteiger partial charge in [0.15, 0.2) is 0 Å². The summed E-state index contributed by atoms with van der Waals surface area (Å²) >= 11 is 5.90. The fourth-order valence-electron chi connectivity index (χ4n) is 3.77. The normalized spacial score (nSPS) is 15.0. The third-order valence-corrected chi connectivity index (χ3v) is 7.86. The van der Waals surface area contributed by atoms with Crippen LogP contribution in [-0.2, 0) is 19.4 Å². The lowest BCUT2D eigenvalue weighted by molar-refractivity contribution is -0.139. The SMILES string of the molecule is CCCC(=O)N1CCN(C(=O)[C@@H](NC(=O)c2ccccc2C)S(=O)(=O)c2ccc(Cl)cc2)CC1. The number of hydrogen-bond donors (Lipinski definition) is 1. The molecule has 1 aliphatic heterocycles. The Balaban J connectivity index is 1.88. The predicted molar refractivity (Wildman–Crippen MR) is 129 cm³/mol. The summed E-state index contributed by atoms with van der Waals surface area (Å²) in [6, 6.07) is 12.2. The first-order valence-corrected chi connectivity index (χ1v) is 13.0. The third kappa shape index (κ3) is 5.77. The average Bonchev–Trinajstić information content (AvgIpc) is 2.82. The largest absolute Gasteiger partial charge is 0.339 e. The number of rotatable bonds is 7. The lowest BCUT2D eigenvalue weighted by Crippen LogP contribution is -2.57. The average molecular weight is 506 g/mol. The van der Waals surface area contributed by atoms with E-state index in [4.69, 9.17) is 11.6 Å². The van der Waals surface area contributed by atoms with Crippen molar-refractivity contribution in [1.29, 1.82) is 0 Å². The van der Waals surface area contributed by atoms with Crippen LogP contribution in [0, 0.1) is 6.92 Å². The summed E-state index contributed by atoms with van der Waals surface area (Å²) in [7, 11) is -4.28. The van der Waals surface area contributed by atoms with E-state index in [-0.39, 0.29) is 29.5 Å². The molecule has 0 radical (unpaired) electrons. The summed E-state index contributed by atoms with van der Waals surface area (Å²) in [5, 5.41) is 0.973. The van der Waals surface area contributed by atoms with Crippen LogP contribution in [0.5, 0.6) is 0 Å². The van der Waals surface area contributed by atoms with Crippen molar-refractivity contribution in [2.75, 3.05) is 26.2 Å². The zero-order valence-corrected chi connectivity index (χ0v) is 20.7. The van der Waals surface area contributed by atoms with Crippen LogP contribution < -0.4 is 5.32 Å². The van der Waals surface area contributed by atoms with Gasteiger partial charge in [0.1, 0.15) is 0 Å². The van der Waals surface area contributed by atoms with Gasteiger partial charge in [-0.05, 0) is 49.2 Å². The Labute approximate surface area is 204 Å². The molecule has 0 unspecified atom stereocenters. The van der Waals surface area contributed by atoms with Crippen molar-refractivity contribution in [3.8, 4) is 0 Å². The zero-order chi connectivity index (χ0) is 24.9. The fourth-order valence-corrected chi connectivity index (χ4v) is 5.36. The van der Waals surface area contributed by atoms with Gasteiger partial charge in [0.25, 0.3) is 11.8 Å². The van der Waals surface area contributed by atoms with Crippen molar-refractivity contribution in [2.24, 2.45) is 0 Å². The molecule has 1 N–H and O–H groups in total. The Morgan fingerprint density at radius 2 is 1.56 bits per heavy atom. The van der Waals surface area contributed by atoms with Crippen LogP contribution in [0.1, 0.15) is 35.7 Å². The van der Waals surface area contributed by atoms with Gasteiger partial charge in [0.05, 0.1) is 4.90 Å². The summed E-state index contributed by atoms with van der Waals surface area (Å²) in [4.78, 5) is 41.5. The lowest BCUT2D eigenvalue weighted by atomic mass is 10.1. The molecule has 8 nitrogen and oxygen atoms in total. The maximum absolute atomic E-state index is 13.5. The first-order valence-electron chi connectivity index (χ1n) is 11.1. The van der Waals surface area contributed by atoms with E-state index in [1.54, 1.807) is 36.1 Å². The number of aryl methyl sites for hydroxylation is 1. The highest BCUT2D eigenvalue weighted by Crippen LogP contribution is 2.21. The highest BCUT2D eigenvalue weighted by Gasteiger charge is 2.39. The highest BCUT2D eigenvalue weighted by atomic mass is 35.5. The Morgan fingerprint density at radius 1 is 0.971 bits per heavy atom. The van der Waals surface area contributed by atoms with Gasteiger partial charge in [-0.1, -0.05) is 36.7 Å². The summed E-state index contributed by atoms with van der Waals surface area (Å²) in [5.74, 6) is -1.39. The van der Waals surface area contributed by atoms with E-state index in [2.05, 4.69) is 5.32 Å². The number of benzene rings is 2. The Bertz CT molecular complexity index is 1160. The minimum Gasteiger partial charge on any atom is -0.339 e. The second kappa shape index (κ2) is 11.0. The van der Waals surface area contributed by atoms with Crippen molar-refractivity contribution in [2.45, 2.75) is 37.0 Å². The number of carbonyl (C=O) groups excluding carboxylic acids is 3. The van der Waals surface area contributed by atoms with E-state index < -0.39 is 27.0 Å². The van der Waals surface area contributed by atoms with E-state index in [0.717, 1.165) is 6.42 Å². The van der Waals surface area contributed by atoms with Crippen LogP contribution in [0.3, 0.4) is 0 Å². The van der Waals surface area contributed by atoms with Crippen LogP contribution in [0.2, 0.25) is 5.02 Å². The van der Waals surface area contributed by atoms with Gasteiger partial charge in [-0.2, -0.15) is 0 Å². The molecule has 0 saturated carbocycles. The molecule has 34 heavy (non-hydrogen) atoms. The number of hydrogen-bond acceptors (Lipinski definition) is 5. The number of nitrogens with one attached hydrogen (secondary N) is 1. The van der Waals surface area contributed by atoms with Crippen LogP contribution in [0.4, 0.5) is 0 Å². The van der Waals surface area contributed by atoms with E-state index in [1.165, 1.54) is 29.2 Å². The van der Waals surface area contributed by atoms with Crippen molar-refractivity contribution in [1.82, 2.24) is 15.1 Å². The number of sulfone groups is 1. The van der Waals surface area contributed by atoms with E-state index in [9.17, 15) is 22.8 Å². The van der Waals surface area contributed by atoms with Gasteiger partial charge in [0.2, 0.25) is 21.1 Å². The van der Waals surface area contributed by atoms with Crippen molar-refractivity contribution < 1.29 is 22.8 Å². The molecule has 1 fully saturated rings. The molecule has 0 aliphatic carbocycles. The molecule has 1 aliphatic rings. The maximum atomic E-state index is 13.5. The van der Waals surface area contributed by atoms with Crippen molar-refractivity contribution >= 4 is 39.2 Å². The van der Waals surface area contributed by atoms with Gasteiger partial charge < -0.3 is 15.1 Å². The smallest absolute Gasteiger partial charge is 0.261 e. The van der Waals surface area contributed by atoms with Gasteiger partial charge >= 0.3 is 0 Å². The standard InChI is InChI=1S/C24H28ClN3O5S/c1-3-6-21(29)27-13-15-28(16-14-27)24(31)23(26-22(30)20-8-5-4-7-17(20)2)34(32,33)19-11-9-18(25)10-12-19/h4-5,7-12,23H,3,6,13-16H2,1-2H3,(H,26,30)/t23-/m0/s1. The highest BCUT2D eigenvalue weighted by molar-refractivity contribution is 7.92. The second-order valence-corrected chi connectivity index (χ2v) is 10.6. The molecular weight excluding hydrogens is 478 g/mol. The van der Waals surface area contributed by atoms with Gasteiger partial charge in [-0.3, -0.25) is 14.4 Å². The maximum Gasteiger partial charge on any atom is 0.261 e. The van der Waals surface area contributed by atoms with Crippen LogP contribution in [-0.4, -0.2) is 67.5 Å². The second-order valence-electron chi connectivity index (χ2n) is 8.12. The van der Waals surface area contributed by atoms with Gasteiger partial charge in [-0.15, -0.1) is 0 Å². The molecule has 1 saturated heterocycles. The number of nitrogens with zero attached hydrogens (tertiary/aromatic N) is 2. The molecule has 0 aromatic heterocycles. The molecule has 10 heteroatoms. The van der Waals surface area contributed by atoms with Gasteiger partial charge in [0, 0.05) is 43.2 Å². The summed E-state index contributed by atoms with van der Waals surface area (Å²) in [5.41, 5.74) is 0.930. The first-order chi connectivity index (χ1) is 16.1. The molecular formula is C24H28ClN3O5S. The van der Waals surface area contributed by atoms with E-state index in [0.29, 0.717) is 30.1 Å². The molecule has 0 spiro atoms. The molecule has 2 aromatic rings. The topological polar surface area (TPSA) is 104 Å². The predicted octanol–water partition coefficient (Wildman–Crippen LogP) is 2.65. The first kappa shape index (κ1) is 25.7. The third-order valence-electron chi connectivity index (χ3n) is 5.74. The lowest BCUT2D eigenvalue weighted by Gasteiger charge is -2.36.